The van der Waals surface area contributed by atoms with Crippen LogP contribution in [0, 0.1) is 0 Å². The Kier molecular flexibility index (Phi) is 5.01. The summed E-state index contributed by atoms with van der Waals surface area (Å²) < 4.78 is 12.7. The molecule has 0 spiro atoms. The summed E-state index contributed by atoms with van der Waals surface area (Å²) in [7, 11) is 1.40. The van der Waals surface area contributed by atoms with E-state index >= 15 is 0 Å². The minimum Gasteiger partial charge on any atom is -0.479 e. The number of benzene rings is 1. The molecule has 0 radical (unpaired) electrons. The molecule has 3 aromatic rings. The second-order valence-corrected chi connectivity index (χ2v) is 6.03. The lowest BCUT2D eigenvalue weighted by Crippen LogP contribution is -2.14. The van der Waals surface area contributed by atoms with E-state index < -0.39 is 0 Å². The van der Waals surface area contributed by atoms with Crippen molar-refractivity contribution in [1.82, 2.24) is 4.57 Å². The lowest BCUT2D eigenvalue weighted by atomic mass is 10.1. The summed E-state index contributed by atoms with van der Waals surface area (Å²) in [6, 6.07) is 13.9. The maximum atomic E-state index is 12.5. The number of ether oxygens (including phenoxy) is 2. The number of methoxy groups -OCH3 is 1. The minimum absolute atomic E-state index is 0.363. The van der Waals surface area contributed by atoms with Crippen molar-refractivity contribution in [1.29, 1.82) is 0 Å². The summed E-state index contributed by atoms with van der Waals surface area (Å²) in [6.07, 6.45) is 0. The van der Waals surface area contributed by atoms with Gasteiger partial charge in [-0.1, -0.05) is 30.3 Å². The summed E-state index contributed by atoms with van der Waals surface area (Å²) in [4.78, 5) is 12.5. The quantitative estimate of drug-likeness (QED) is 0.622. The highest BCUT2D eigenvalue weighted by Crippen LogP contribution is 2.34. The van der Waals surface area contributed by atoms with E-state index in [1.165, 1.54) is 7.11 Å². The molecule has 2 aromatic heterocycles. The van der Waals surface area contributed by atoms with E-state index in [0.717, 1.165) is 16.7 Å². The van der Waals surface area contributed by atoms with Gasteiger partial charge in [0, 0.05) is 11.6 Å². The molecule has 0 saturated carbocycles. The molecular formula is C19H19NO3S. The van der Waals surface area contributed by atoms with E-state index in [1.807, 2.05) is 64.7 Å². The Hall–Kier alpha value is -2.53. The molecule has 0 N–H and O–H groups in total. The zero-order chi connectivity index (χ0) is 16.9. The van der Waals surface area contributed by atoms with Gasteiger partial charge in [-0.15, -0.1) is 0 Å². The number of rotatable bonds is 6. The second-order valence-electron chi connectivity index (χ2n) is 5.25. The predicted octanol–water partition coefficient (Wildman–Crippen LogP) is 4.45. The van der Waals surface area contributed by atoms with E-state index in [4.69, 9.17) is 9.47 Å². The smallest absolute Gasteiger partial charge is 0.355 e. The highest BCUT2D eigenvalue weighted by molar-refractivity contribution is 7.08. The third kappa shape index (κ3) is 3.21. The van der Waals surface area contributed by atoms with Crippen LogP contribution >= 0.6 is 11.3 Å². The number of carbonyl (C=O) groups is 1. The highest BCUT2D eigenvalue weighted by Gasteiger charge is 2.24. The Morgan fingerprint density at radius 2 is 2.00 bits per heavy atom. The molecule has 124 valence electrons. The number of hydrogen-bond acceptors (Lipinski definition) is 4. The third-order valence-electron chi connectivity index (χ3n) is 3.75. The average Bonchev–Trinajstić information content (AvgIpc) is 3.24. The fraction of sp³-hybridized carbons (Fsp3) is 0.211. The number of hydrogen-bond donors (Lipinski definition) is 0. The summed E-state index contributed by atoms with van der Waals surface area (Å²) in [5.41, 5.74) is 3.44. The van der Waals surface area contributed by atoms with Gasteiger partial charge in [-0.25, -0.2) is 4.79 Å². The molecule has 0 aliphatic carbocycles. The fourth-order valence-electron chi connectivity index (χ4n) is 2.67. The van der Waals surface area contributed by atoms with Crippen LogP contribution in [0.5, 0.6) is 5.88 Å². The third-order valence-corrected chi connectivity index (χ3v) is 4.43. The topological polar surface area (TPSA) is 40.5 Å². The highest BCUT2D eigenvalue weighted by atomic mass is 32.1. The van der Waals surface area contributed by atoms with Crippen LogP contribution in [-0.2, 0) is 11.3 Å². The number of thiophene rings is 1. The van der Waals surface area contributed by atoms with Gasteiger partial charge in [-0.2, -0.15) is 11.3 Å². The summed E-state index contributed by atoms with van der Waals surface area (Å²) >= 11 is 1.59. The molecule has 0 bridgehead atoms. The summed E-state index contributed by atoms with van der Waals surface area (Å²) in [5.74, 6) is 0.307. The van der Waals surface area contributed by atoms with Crippen molar-refractivity contribution in [3.05, 3.63) is 64.5 Å². The van der Waals surface area contributed by atoms with Crippen LogP contribution in [0.1, 0.15) is 23.0 Å². The monoisotopic (exact) mass is 341 g/mol. The summed E-state index contributed by atoms with van der Waals surface area (Å²) in [6.45, 7) is 3.01. The van der Waals surface area contributed by atoms with Crippen molar-refractivity contribution in [2.45, 2.75) is 13.5 Å². The molecule has 0 unspecified atom stereocenters. The van der Waals surface area contributed by atoms with Crippen molar-refractivity contribution in [2.24, 2.45) is 0 Å². The normalized spacial score (nSPS) is 10.6. The first kappa shape index (κ1) is 16.3. The molecule has 4 nitrogen and oxygen atoms in total. The Balaban J connectivity index is 2.14. The molecule has 24 heavy (non-hydrogen) atoms. The molecule has 0 aliphatic heterocycles. The van der Waals surface area contributed by atoms with Gasteiger partial charge >= 0.3 is 5.97 Å². The molecule has 5 heteroatoms. The Bertz CT molecular complexity index is 807. The fourth-order valence-corrected chi connectivity index (χ4v) is 3.33. The number of esters is 1. The van der Waals surface area contributed by atoms with Crippen LogP contribution in [0.3, 0.4) is 0 Å². The van der Waals surface area contributed by atoms with Gasteiger partial charge in [0.1, 0.15) is 5.69 Å². The number of aromatic nitrogens is 1. The van der Waals surface area contributed by atoms with Gasteiger partial charge in [-0.3, -0.25) is 0 Å². The van der Waals surface area contributed by atoms with Gasteiger partial charge in [0.2, 0.25) is 0 Å². The standard InChI is InChI=1S/C19H19NO3S/c1-3-23-17-11-16(15-9-10-24-13-15)18(19(21)22-2)20(17)12-14-7-5-4-6-8-14/h4-11,13H,3,12H2,1-2H3. The first-order valence-electron chi connectivity index (χ1n) is 7.75. The van der Waals surface area contributed by atoms with E-state index in [2.05, 4.69) is 0 Å². The van der Waals surface area contributed by atoms with Crippen LogP contribution in [0.4, 0.5) is 0 Å². The molecule has 0 amide bonds. The van der Waals surface area contributed by atoms with Crippen LogP contribution < -0.4 is 4.74 Å². The minimum atomic E-state index is -0.363. The molecule has 0 saturated heterocycles. The van der Waals surface area contributed by atoms with Crippen LogP contribution in [0.2, 0.25) is 0 Å². The van der Waals surface area contributed by atoms with E-state index in [9.17, 15) is 4.79 Å². The molecule has 0 atom stereocenters. The Labute approximate surface area is 145 Å². The average molecular weight is 341 g/mol. The molecule has 0 aliphatic rings. The maximum absolute atomic E-state index is 12.5. The first-order valence-corrected chi connectivity index (χ1v) is 8.70. The molecule has 1 aromatic carbocycles. The maximum Gasteiger partial charge on any atom is 0.355 e. The van der Waals surface area contributed by atoms with Crippen molar-refractivity contribution in [3.8, 4) is 17.0 Å². The molecule has 3 rings (SSSR count). The van der Waals surface area contributed by atoms with Crippen molar-refractivity contribution in [2.75, 3.05) is 13.7 Å². The van der Waals surface area contributed by atoms with Gasteiger partial charge in [-0.05, 0) is 34.9 Å². The number of nitrogens with zero attached hydrogens (tertiary/aromatic N) is 1. The van der Waals surface area contributed by atoms with E-state index in [-0.39, 0.29) is 5.97 Å². The second kappa shape index (κ2) is 7.36. The lowest BCUT2D eigenvalue weighted by Gasteiger charge is -2.13. The van der Waals surface area contributed by atoms with Crippen molar-refractivity contribution < 1.29 is 14.3 Å². The lowest BCUT2D eigenvalue weighted by molar-refractivity contribution is 0.0588. The Morgan fingerprint density at radius 3 is 2.62 bits per heavy atom. The molecular weight excluding hydrogens is 322 g/mol. The van der Waals surface area contributed by atoms with Gasteiger partial charge in [0.05, 0.1) is 20.3 Å². The first-order chi connectivity index (χ1) is 11.7. The van der Waals surface area contributed by atoms with Crippen molar-refractivity contribution in [3.63, 3.8) is 0 Å². The molecule has 0 fully saturated rings. The van der Waals surface area contributed by atoms with Gasteiger partial charge in [0.15, 0.2) is 5.88 Å². The van der Waals surface area contributed by atoms with Crippen LogP contribution in [0.25, 0.3) is 11.1 Å². The summed E-state index contributed by atoms with van der Waals surface area (Å²) in [5, 5.41) is 4.01. The largest absolute Gasteiger partial charge is 0.479 e. The SMILES string of the molecule is CCOc1cc(-c2ccsc2)c(C(=O)OC)n1Cc1ccccc1. The van der Waals surface area contributed by atoms with E-state index in [0.29, 0.717) is 24.7 Å². The predicted molar refractivity (Wildman–Crippen MR) is 95.8 cm³/mol. The zero-order valence-electron chi connectivity index (χ0n) is 13.7. The molecule has 2 heterocycles. The van der Waals surface area contributed by atoms with Crippen LogP contribution in [-0.4, -0.2) is 24.3 Å². The van der Waals surface area contributed by atoms with E-state index in [1.54, 1.807) is 11.3 Å². The van der Waals surface area contributed by atoms with Gasteiger partial charge < -0.3 is 14.0 Å². The van der Waals surface area contributed by atoms with Crippen LogP contribution in [0.15, 0.2) is 53.2 Å². The Morgan fingerprint density at radius 1 is 1.21 bits per heavy atom. The van der Waals surface area contributed by atoms with Gasteiger partial charge in [0.25, 0.3) is 0 Å². The van der Waals surface area contributed by atoms with Crippen molar-refractivity contribution >= 4 is 17.3 Å². The number of carbonyl (C=O) groups excluding carboxylic acids is 1. The zero-order valence-corrected chi connectivity index (χ0v) is 14.5.